The summed E-state index contributed by atoms with van der Waals surface area (Å²) in [5.41, 5.74) is 2.73. The summed E-state index contributed by atoms with van der Waals surface area (Å²) in [6.45, 7) is 1.33. The van der Waals surface area contributed by atoms with Crippen LogP contribution >= 0.6 is 11.3 Å². The quantitative estimate of drug-likeness (QED) is 0.295. The predicted octanol–water partition coefficient (Wildman–Crippen LogP) is 5.53. The van der Waals surface area contributed by atoms with Crippen LogP contribution in [0.3, 0.4) is 0 Å². The number of aryl methyl sites for hydroxylation is 1. The van der Waals surface area contributed by atoms with Crippen LogP contribution in [0.1, 0.15) is 41.9 Å². The highest BCUT2D eigenvalue weighted by Crippen LogP contribution is 2.43. The van der Waals surface area contributed by atoms with Gasteiger partial charge in [0, 0.05) is 42.1 Å². The number of rotatable bonds is 7. The molecular weight excluding hydrogens is 491 g/mol. The Hall–Kier alpha value is -3.76. The molecule has 0 bridgehead atoms. The van der Waals surface area contributed by atoms with E-state index in [1.165, 1.54) is 23.6 Å². The molecule has 1 fully saturated rings. The van der Waals surface area contributed by atoms with E-state index in [2.05, 4.69) is 30.6 Å². The average molecular weight is 519 g/mol. The maximum Gasteiger partial charge on any atom is 0.227 e. The molecule has 3 N–H and O–H groups in total. The molecule has 10 heteroatoms. The van der Waals surface area contributed by atoms with E-state index in [1.807, 2.05) is 25.1 Å². The van der Waals surface area contributed by atoms with Crippen molar-refractivity contribution in [3.63, 3.8) is 0 Å². The number of hydrogen-bond acceptors (Lipinski definition) is 8. The number of anilines is 3. The molecule has 190 valence electrons. The molecule has 3 heterocycles. The van der Waals surface area contributed by atoms with Gasteiger partial charge in [-0.25, -0.2) is 19.3 Å². The predicted molar refractivity (Wildman–Crippen MR) is 141 cm³/mol. The molecule has 3 aromatic heterocycles. The highest BCUT2D eigenvalue weighted by molar-refractivity contribution is 7.15. The van der Waals surface area contributed by atoms with Gasteiger partial charge in [-0.15, -0.1) is 11.3 Å². The lowest BCUT2D eigenvalue weighted by Crippen LogP contribution is -2.35. The summed E-state index contributed by atoms with van der Waals surface area (Å²) in [4.78, 5) is 30.5. The van der Waals surface area contributed by atoms with Crippen molar-refractivity contribution in [3.05, 3.63) is 77.5 Å². The van der Waals surface area contributed by atoms with Crippen LogP contribution in [-0.4, -0.2) is 30.9 Å². The summed E-state index contributed by atoms with van der Waals surface area (Å²) in [7, 11) is 0. The fourth-order valence-electron chi connectivity index (χ4n) is 4.53. The number of carbonyl (C=O) groups excluding carboxylic acids is 1. The number of benzene rings is 1. The van der Waals surface area contributed by atoms with Crippen LogP contribution in [0.15, 0.2) is 61.2 Å². The van der Waals surface area contributed by atoms with Crippen molar-refractivity contribution in [3.8, 4) is 10.4 Å². The van der Waals surface area contributed by atoms with Crippen molar-refractivity contribution >= 4 is 34.6 Å². The van der Waals surface area contributed by atoms with Gasteiger partial charge in [-0.1, -0.05) is 6.07 Å². The highest BCUT2D eigenvalue weighted by Gasteiger charge is 2.39. The second-order valence-corrected chi connectivity index (χ2v) is 10.3. The van der Waals surface area contributed by atoms with Crippen LogP contribution in [0.5, 0.6) is 0 Å². The number of pyridine rings is 1. The van der Waals surface area contributed by atoms with Crippen LogP contribution in [0, 0.1) is 12.8 Å². The van der Waals surface area contributed by atoms with E-state index in [4.69, 9.17) is 0 Å². The number of aromatic nitrogens is 4. The Kier molecular flexibility index (Phi) is 7.20. The van der Waals surface area contributed by atoms with Gasteiger partial charge in [0.1, 0.15) is 17.3 Å². The maximum absolute atomic E-state index is 13.0. The van der Waals surface area contributed by atoms with Gasteiger partial charge in [0.05, 0.1) is 10.6 Å². The molecule has 1 aliphatic carbocycles. The zero-order valence-corrected chi connectivity index (χ0v) is 21.1. The third-order valence-electron chi connectivity index (χ3n) is 6.50. The lowest BCUT2D eigenvalue weighted by Gasteiger charge is -2.33. The zero-order chi connectivity index (χ0) is 25.8. The number of alkyl halides is 1. The fourth-order valence-corrected chi connectivity index (χ4v) is 5.58. The van der Waals surface area contributed by atoms with Crippen molar-refractivity contribution in [1.29, 1.82) is 0 Å². The first kappa shape index (κ1) is 24.9. The second-order valence-electron chi connectivity index (χ2n) is 9.28. The van der Waals surface area contributed by atoms with Gasteiger partial charge < -0.3 is 15.7 Å². The molecule has 4 aromatic rings. The molecule has 0 radical (unpaired) electrons. The molecule has 0 atom stereocenters. The molecule has 5 rings (SSSR count). The minimum Gasteiger partial charge on any atom is -0.383 e. The van der Waals surface area contributed by atoms with Crippen molar-refractivity contribution < 1.29 is 14.3 Å². The van der Waals surface area contributed by atoms with E-state index in [1.54, 1.807) is 30.7 Å². The van der Waals surface area contributed by atoms with Crippen molar-refractivity contribution in [2.45, 2.75) is 44.9 Å². The number of nitrogens with one attached hydrogen (secondary N) is 2. The zero-order valence-electron chi connectivity index (χ0n) is 20.3. The topological polar surface area (TPSA) is 113 Å². The highest BCUT2D eigenvalue weighted by atomic mass is 32.1. The molecule has 1 saturated carbocycles. The Labute approximate surface area is 218 Å². The van der Waals surface area contributed by atoms with Crippen LogP contribution in [0.4, 0.5) is 21.7 Å². The van der Waals surface area contributed by atoms with Gasteiger partial charge in [-0.05, 0) is 74.1 Å². The normalized spacial score (nSPS) is 19.4. The summed E-state index contributed by atoms with van der Waals surface area (Å²) in [5, 5.41) is 18.1. The molecule has 0 aliphatic heterocycles. The standard InChI is InChI=1S/C27H27FN6O2S/c1-17-12-19(14-22(13-17)34-26-30-11-6-21(15-28)33-26)23-16-31-25(37-23)27(36)7-2-18(3-8-27)24(35)32-20-4-9-29-10-5-20/h4-6,9-14,16,18,36H,2-3,7-8,15H2,1H3,(H,29,32,35)(H,30,33,34). The van der Waals surface area contributed by atoms with Crippen LogP contribution in [0.25, 0.3) is 10.4 Å². The van der Waals surface area contributed by atoms with Gasteiger partial charge in [0.15, 0.2) is 0 Å². The van der Waals surface area contributed by atoms with Gasteiger partial charge in [-0.3, -0.25) is 9.78 Å². The molecule has 0 spiro atoms. The summed E-state index contributed by atoms with van der Waals surface area (Å²) in [6.07, 6.45) is 8.68. The summed E-state index contributed by atoms with van der Waals surface area (Å²) >= 11 is 1.46. The minimum absolute atomic E-state index is 0.0334. The van der Waals surface area contributed by atoms with Crippen molar-refractivity contribution in [2.24, 2.45) is 5.92 Å². The molecule has 0 unspecified atom stereocenters. The Balaban J connectivity index is 1.27. The van der Waals surface area contributed by atoms with E-state index < -0.39 is 12.3 Å². The number of thiazole rings is 1. The minimum atomic E-state index is -1.05. The smallest absolute Gasteiger partial charge is 0.227 e. The van der Waals surface area contributed by atoms with Gasteiger partial charge in [0.25, 0.3) is 0 Å². The number of halogens is 1. The molecule has 0 saturated heterocycles. The number of hydrogen-bond donors (Lipinski definition) is 3. The Morgan fingerprint density at radius 2 is 1.89 bits per heavy atom. The third kappa shape index (κ3) is 5.81. The molecular formula is C27H27FN6O2S. The second kappa shape index (κ2) is 10.7. The Morgan fingerprint density at radius 1 is 1.11 bits per heavy atom. The maximum atomic E-state index is 13.0. The van der Waals surface area contributed by atoms with E-state index in [0.717, 1.165) is 27.4 Å². The van der Waals surface area contributed by atoms with Crippen LogP contribution < -0.4 is 10.6 Å². The first-order valence-electron chi connectivity index (χ1n) is 12.1. The first-order chi connectivity index (χ1) is 17.9. The average Bonchev–Trinajstić information content (AvgIpc) is 3.41. The number of amides is 1. The molecule has 1 aromatic carbocycles. The monoisotopic (exact) mass is 518 g/mol. The van der Waals surface area contributed by atoms with E-state index in [0.29, 0.717) is 42.3 Å². The van der Waals surface area contributed by atoms with E-state index >= 15 is 0 Å². The largest absolute Gasteiger partial charge is 0.383 e. The number of nitrogens with zero attached hydrogens (tertiary/aromatic N) is 4. The lowest BCUT2D eigenvalue weighted by atomic mass is 9.78. The number of carbonyl (C=O) groups is 1. The van der Waals surface area contributed by atoms with Gasteiger partial charge in [-0.2, -0.15) is 0 Å². The van der Waals surface area contributed by atoms with Crippen molar-refractivity contribution in [2.75, 3.05) is 10.6 Å². The van der Waals surface area contributed by atoms with Gasteiger partial charge in [0.2, 0.25) is 11.9 Å². The summed E-state index contributed by atoms with van der Waals surface area (Å²) in [6, 6.07) is 11.0. The fraction of sp³-hybridized carbons (Fsp3) is 0.296. The Bertz CT molecular complexity index is 1390. The SMILES string of the molecule is Cc1cc(Nc2nccc(CF)n2)cc(-c2cnc(C3(O)CCC(C(=O)Nc4ccncc4)CC3)s2)c1. The summed E-state index contributed by atoms with van der Waals surface area (Å²) < 4.78 is 13.0. The van der Waals surface area contributed by atoms with Crippen LogP contribution in [-0.2, 0) is 17.1 Å². The molecule has 8 nitrogen and oxygen atoms in total. The lowest BCUT2D eigenvalue weighted by molar-refractivity contribution is -0.123. The molecule has 1 aliphatic rings. The van der Waals surface area contributed by atoms with Crippen molar-refractivity contribution in [1.82, 2.24) is 19.9 Å². The number of aliphatic hydroxyl groups is 1. The molecule has 37 heavy (non-hydrogen) atoms. The van der Waals surface area contributed by atoms with Gasteiger partial charge >= 0.3 is 0 Å². The first-order valence-corrected chi connectivity index (χ1v) is 12.9. The van der Waals surface area contributed by atoms with Crippen LogP contribution in [0.2, 0.25) is 0 Å². The third-order valence-corrected chi connectivity index (χ3v) is 7.74. The Morgan fingerprint density at radius 3 is 2.65 bits per heavy atom. The van der Waals surface area contributed by atoms with E-state index in [-0.39, 0.29) is 11.8 Å². The summed E-state index contributed by atoms with van der Waals surface area (Å²) in [5.74, 6) is 0.140. The molecule has 1 amide bonds. The van der Waals surface area contributed by atoms with E-state index in [9.17, 15) is 14.3 Å².